The molecule has 1 aliphatic rings. The summed E-state index contributed by atoms with van der Waals surface area (Å²) in [5.74, 6) is 1.07. The molecule has 0 radical (unpaired) electrons. The molecule has 1 atom stereocenters. The van der Waals surface area contributed by atoms with Gasteiger partial charge in [0.25, 0.3) is 0 Å². The van der Waals surface area contributed by atoms with Crippen molar-refractivity contribution >= 4 is 18.2 Å². The van der Waals surface area contributed by atoms with Gasteiger partial charge < -0.3 is 20.9 Å². The SMILES string of the molecule is CCCCCOc1cccc(O)c1-c1cc(C2CCCNC2)c(C#N)c(N)n1.Cl. The maximum Gasteiger partial charge on any atom is 0.142 e. The molecule has 1 saturated heterocycles. The molecule has 0 bridgehead atoms. The van der Waals surface area contributed by atoms with E-state index in [0.29, 0.717) is 29.2 Å². The summed E-state index contributed by atoms with van der Waals surface area (Å²) >= 11 is 0. The Balaban J connectivity index is 0.00000300. The van der Waals surface area contributed by atoms with Crippen LogP contribution in [0.25, 0.3) is 11.3 Å². The fraction of sp³-hybridized carbons (Fsp3) is 0.455. The number of rotatable bonds is 7. The number of phenols is 1. The highest BCUT2D eigenvalue weighted by Crippen LogP contribution is 2.40. The number of pyridine rings is 1. The molecule has 1 aromatic carbocycles. The third kappa shape index (κ3) is 5.31. The second kappa shape index (κ2) is 10.9. The van der Waals surface area contributed by atoms with Crippen molar-refractivity contribution in [2.24, 2.45) is 0 Å². The van der Waals surface area contributed by atoms with Crippen LogP contribution >= 0.6 is 12.4 Å². The molecule has 2 aromatic rings. The monoisotopic (exact) mass is 416 g/mol. The summed E-state index contributed by atoms with van der Waals surface area (Å²) in [6, 6.07) is 9.30. The van der Waals surface area contributed by atoms with Gasteiger partial charge in [-0.15, -0.1) is 12.4 Å². The van der Waals surface area contributed by atoms with Crippen molar-refractivity contribution in [3.63, 3.8) is 0 Å². The normalized spacial score (nSPS) is 15.9. The van der Waals surface area contributed by atoms with Crippen LogP contribution in [0.4, 0.5) is 5.82 Å². The number of nitrogens with one attached hydrogen (secondary N) is 1. The lowest BCUT2D eigenvalue weighted by Crippen LogP contribution is -2.29. The molecule has 7 heteroatoms. The van der Waals surface area contributed by atoms with Crippen LogP contribution in [0.2, 0.25) is 0 Å². The molecule has 1 aliphatic heterocycles. The largest absolute Gasteiger partial charge is 0.507 e. The van der Waals surface area contributed by atoms with E-state index in [1.807, 2.05) is 12.1 Å². The molecule has 156 valence electrons. The van der Waals surface area contributed by atoms with Gasteiger partial charge in [0.1, 0.15) is 23.4 Å². The minimum absolute atomic E-state index is 0. The van der Waals surface area contributed by atoms with E-state index in [2.05, 4.69) is 23.3 Å². The first-order valence-corrected chi connectivity index (χ1v) is 10.0. The van der Waals surface area contributed by atoms with E-state index in [4.69, 9.17) is 10.5 Å². The number of nitrogens with zero attached hydrogens (tertiary/aromatic N) is 2. The number of nitrogens with two attached hydrogens (primary N) is 1. The average molecular weight is 417 g/mol. The number of phenolic OH excluding ortho intramolecular Hbond substituents is 1. The molecule has 1 unspecified atom stereocenters. The summed E-state index contributed by atoms with van der Waals surface area (Å²) in [6.07, 6.45) is 5.20. The lowest BCUT2D eigenvalue weighted by atomic mass is 9.88. The first-order chi connectivity index (χ1) is 13.7. The number of halogens is 1. The standard InChI is InChI=1S/C22H28N4O2.ClH/c1-2-3-4-11-28-20-9-5-8-19(27)21(20)18-12-16(15-7-6-10-25-14-15)17(13-23)22(24)26-18;/h5,8-9,12,15,25,27H,2-4,6-7,10-11,14H2,1H3,(H2,24,26);1H. The van der Waals surface area contributed by atoms with Crippen LogP contribution in [0, 0.1) is 11.3 Å². The Morgan fingerprint density at radius 2 is 2.21 bits per heavy atom. The predicted octanol–water partition coefficient (Wildman–Crippen LogP) is 4.37. The molecule has 6 nitrogen and oxygen atoms in total. The first kappa shape index (κ1) is 22.8. The molecule has 0 amide bonds. The van der Waals surface area contributed by atoms with Gasteiger partial charge in [0.2, 0.25) is 0 Å². The van der Waals surface area contributed by atoms with E-state index in [-0.39, 0.29) is 29.9 Å². The van der Waals surface area contributed by atoms with E-state index in [9.17, 15) is 10.4 Å². The molecule has 0 aliphatic carbocycles. The molecule has 4 N–H and O–H groups in total. The number of benzene rings is 1. The molecule has 1 aromatic heterocycles. The summed E-state index contributed by atoms with van der Waals surface area (Å²) in [6.45, 7) is 4.51. The second-order valence-electron chi connectivity index (χ2n) is 7.22. The van der Waals surface area contributed by atoms with Gasteiger partial charge in [0.15, 0.2) is 0 Å². The Labute approximate surface area is 178 Å². The maximum atomic E-state index is 10.5. The molecular weight excluding hydrogens is 388 g/mol. The zero-order valence-electron chi connectivity index (χ0n) is 16.8. The van der Waals surface area contributed by atoms with Gasteiger partial charge in [-0.05, 0) is 55.5 Å². The number of unbranched alkanes of at least 4 members (excludes halogenated alkanes) is 2. The Morgan fingerprint density at radius 3 is 2.90 bits per heavy atom. The number of piperidine rings is 1. The van der Waals surface area contributed by atoms with Gasteiger partial charge >= 0.3 is 0 Å². The number of nitriles is 1. The minimum atomic E-state index is 0. The highest BCUT2D eigenvalue weighted by atomic mass is 35.5. The zero-order chi connectivity index (χ0) is 19.9. The van der Waals surface area contributed by atoms with Crippen molar-refractivity contribution in [3.05, 3.63) is 35.4 Å². The summed E-state index contributed by atoms with van der Waals surface area (Å²) in [4.78, 5) is 4.43. The Hall–Kier alpha value is -2.49. The number of hydrogen-bond donors (Lipinski definition) is 3. The van der Waals surface area contributed by atoms with Gasteiger partial charge in [0, 0.05) is 6.54 Å². The number of anilines is 1. The smallest absolute Gasteiger partial charge is 0.142 e. The molecular formula is C22H29ClN4O2. The molecule has 0 saturated carbocycles. The summed E-state index contributed by atoms with van der Waals surface area (Å²) < 4.78 is 5.94. The van der Waals surface area contributed by atoms with Crippen LogP contribution in [0.5, 0.6) is 11.5 Å². The van der Waals surface area contributed by atoms with E-state index >= 15 is 0 Å². The minimum Gasteiger partial charge on any atom is -0.507 e. The lowest BCUT2D eigenvalue weighted by molar-refractivity contribution is 0.306. The van der Waals surface area contributed by atoms with Crippen LogP contribution in [0.15, 0.2) is 24.3 Å². The van der Waals surface area contributed by atoms with E-state index in [1.54, 1.807) is 12.1 Å². The summed E-state index contributed by atoms with van der Waals surface area (Å²) in [7, 11) is 0. The van der Waals surface area contributed by atoms with Crippen LogP contribution in [0.1, 0.15) is 56.1 Å². The molecule has 2 heterocycles. The van der Waals surface area contributed by atoms with Gasteiger partial charge in [-0.2, -0.15) is 5.26 Å². The Bertz CT molecular complexity index is 861. The molecule has 1 fully saturated rings. The number of aromatic nitrogens is 1. The van der Waals surface area contributed by atoms with Crippen molar-refractivity contribution in [3.8, 4) is 28.8 Å². The highest BCUT2D eigenvalue weighted by Gasteiger charge is 2.23. The summed E-state index contributed by atoms with van der Waals surface area (Å²) in [5.41, 5.74) is 8.53. The number of nitrogen functional groups attached to an aromatic ring is 1. The Morgan fingerprint density at radius 1 is 1.38 bits per heavy atom. The van der Waals surface area contributed by atoms with Gasteiger partial charge in [-0.25, -0.2) is 4.98 Å². The van der Waals surface area contributed by atoms with E-state index in [1.165, 1.54) is 0 Å². The van der Waals surface area contributed by atoms with Crippen LogP contribution in [-0.2, 0) is 0 Å². The third-order valence-corrected chi connectivity index (χ3v) is 5.19. The van der Waals surface area contributed by atoms with Crippen molar-refractivity contribution in [1.29, 1.82) is 5.26 Å². The average Bonchev–Trinajstić information content (AvgIpc) is 2.71. The molecule has 29 heavy (non-hydrogen) atoms. The second-order valence-corrected chi connectivity index (χ2v) is 7.22. The van der Waals surface area contributed by atoms with E-state index in [0.717, 1.165) is 50.8 Å². The van der Waals surface area contributed by atoms with Gasteiger partial charge in [-0.3, -0.25) is 0 Å². The van der Waals surface area contributed by atoms with Crippen LogP contribution in [0.3, 0.4) is 0 Å². The fourth-order valence-corrected chi connectivity index (χ4v) is 3.71. The predicted molar refractivity (Wildman–Crippen MR) is 118 cm³/mol. The quantitative estimate of drug-likeness (QED) is 0.579. The van der Waals surface area contributed by atoms with Crippen molar-refractivity contribution in [1.82, 2.24) is 10.3 Å². The maximum absolute atomic E-state index is 10.5. The topological polar surface area (TPSA) is 104 Å². The number of aromatic hydroxyl groups is 1. The molecule has 0 spiro atoms. The van der Waals surface area contributed by atoms with Gasteiger partial charge in [-0.1, -0.05) is 25.8 Å². The van der Waals surface area contributed by atoms with E-state index < -0.39 is 0 Å². The lowest BCUT2D eigenvalue weighted by Gasteiger charge is -2.25. The van der Waals surface area contributed by atoms with Crippen LogP contribution in [-0.4, -0.2) is 29.8 Å². The first-order valence-electron chi connectivity index (χ1n) is 10.0. The van der Waals surface area contributed by atoms with Crippen molar-refractivity contribution in [2.75, 3.05) is 25.4 Å². The summed E-state index contributed by atoms with van der Waals surface area (Å²) in [5, 5.41) is 23.5. The highest BCUT2D eigenvalue weighted by molar-refractivity contribution is 5.85. The fourth-order valence-electron chi connectivity index (χ4n) is 3.71. The van der Waals surface area contributed by atoms with Crippen LogP contribution < -0.4 is 15.8 Å². The molecule has 3 rings (SSSR count). The Kier molecular flexibility index (Phi) is 8.56. The zero-order valence-corrected chi connectivity index (χ0v) is 17.6. The number of hydrogen-bond acceptors (Lipinski definition) is 6. The van der Waals surface area contributed by atoms with Crippen molar-refractivity contribution < 1.29 is 9.84 Å². The third-order valence-electron chi connectivity index (χ3n) is 5.19. The van der Waals surface area contributed by atoms with Gasteiger partial charge in [0.05, 0.1) is 23.4 Å². The van der Waals surface area contributed by atoms with Crippen molar-refractivity contribution in [2.45, 2.75) is 44.9 Å². The number of ether oxygens (including phenoxy) is 1.